The molecule has 1 saturated heterocycles. The highest BCUT2D eigenvalue weighted by atomic mass is 31.2. The Morgan fingerprint density at radius 3 is 1.94 bits per heavy atom. The van der Waals surface area contributed by atoms with Crippen molar-refractivity contribution < 1.29 is 14.8 Å². The quantitative estimate of drug-likeness (QED) is 0.825. The fourth-order valence-electron chi connectivity index (χ4n) is 1.61. The Morgan fingerprint density at radius 2 is 1.47 bits per heavy atom. The summed E-state index contributed by atoms with van der Waals surface area (Å²) in [5.74, 6) is 0.0623. The summed E-state index contributed by atoms with van der Waals surface area (Å²) in [5, 5.41) is 0. The van der Waals surface area contributed by atoms with Crippen LogP contribution < -0.4 is 5.73 Å². The van der Waals surface area contributed by atoms with E-state index in [-0.39, 0.29) is 17.0 Å². The van der Waals surface area contributed by atoms with Gasteiger partial charge in [-0.1, -0.05) is 30.3 Å². The van der Waals surface area contributed by atoms with Gasteiger partial charge in [0.15, 0.2) is 5.78 Å². The molecule has 1 aliphatic rings. The van der Waals surface area contributed by atoms with Gasteiger partial charge in [-0.2, -0.15) is 0 Å². The Hall–Kier alpha value is -0.470. The molecule has 0 radical (unpaired) electrons. The average Bonchev–Trinajstić information content (AvgIpc) is 2.48. The van der Waals surface area contributed by atoms with Crippen molar-refractivity contribution in [2.75, 3.05) is 0 Å². The molecule has 1 fully saturated rings. The van der Waals surface area contributed by atoms with Crippen LogP contribution in [0.25, 0.3) is 0 Å². The van der Waals surface area contributed by atoms with Crippen molar-refractivity contribution in [3.8, 4) is 0 Å². The number of quaternary nitrogens is 1. The van der Waals surface area contributed by atoms with E-state index < -0.39 is 8.38 Å². The van der Waals surface area contributed by atoms with Crippen molar-refractivity contribution in [2.45, 2.75) is 44.7 Å². The molecule has 3 nitrogen and oxygen atoms in total. The Morgan fingerprint density at radius 1 is 1.00 bits per heavy atom. The topological polar surface area (TPSA) is 46.1 Å². The minimum absolute atomic E-state index is 0.0623. The van der Waals surface area contributed by atoms with E-state index in [1.54, 1.807) is 0 Å². The third-order valence-corrected chi connectivity index (χ3v) is 5.60. The lowest BCUT2D eigenvalue weighted by molar-refractivity contribution is -0.397. The fraction of sp³-hybridized carbons (Fsp3) is 0.538. The first kappa shape index (κ1) is 13.0. The van der Waals surface area contributed by atoms with Crippen LogP contribution in [-0.4, -0.2) is 11.2 Å². The summed E-state index contributed by atoms with van der Waals surface area (Å²) in [6, 6.07) is 10.2. The van der Waals surface area contributed by atoms with Crippen LogP contribution in [0.5, 0.6) is 0 Å². The van der Waals surface area contributed by atoms with Gasteiger partial charge in [0.25, 0.3) is 0 Å². The molecule has 1 aliphatic heterocycles. The predicted octanol–water partition coefficient (Wildman–Crippen LogP) is 2.84. The van der Waals surface area contributed by atoms with Gasteiger partial charge in [-0.25, -0.2) is 0 Å². The molecule has 3 N–H and O–H groups in total. The molecule has 0 spiro atoms. The molecular weight excluding hydrogens is 233 g/mol. The molecule has 94 valence electrons. The van der Waals surface area contributed by atoms with Crippen molar-refractivity contribution in [3.05, 3.63) is 35.9 Å². The van der Waals surface area contributed by atoms with Crippen LogP contribution in [0.3, 0.4) is 0 Å². The highest BCUT2D eigenvalue weighted by Crippen LogP contribution is 2.62. The second kappa shape index (κ2) is 4.33. The van der Waals surface area contributed by atoms with Gasteiger partial charge in [0.2, 0.25) is 8.38 Å². The first-order chi connectivity index (χ1) is 7.83. The molecule has 0 aromatic heterocycles. The van der Waals surface area contributed by atoms with E-state index >= 15 is 0 Å². The third-order valence-electron chi connectivity index (χ3n) is 3.53. The first-order valence-corrected chi connectivity index (χ1v) is 7.14. The van der Waals surface area contributed by atoms with Crippen molar-refractivity contribution in [1.82, 2.24) is 0 Å². The monoisotopic (exact) mass is 254 g/mol. The van der Waals surface area contributed by atoms with Gasteiger partial charge >= 0.3 is 0 Å². The van der Waals surface area contributed by atoms with Gasteiger partial charge in [0.1, 0.15) is 0 Å². The molecule has 1 aromatic rings. The van der Waals surface area contributed by atoms with Gasteiger partial charge in [-0.05, 0) is 27.7 Å². The zero-order valence-electron chi connectivity index (χ0n) is 10.9. The molecule has 1 heterocycles. The van der Waals surface area contributed by atoms with Crippen molar-refractivity contribution in [2.24, 2.45) is 0 Å². The number of rotatable bonds is 2. The summed E-state index contributed by atoms with van der Waals surface area (Å²) in [4.78, 5) is 0. The second-order valence-electron chi connectivity index (χ2n) is 5.42. The lowest BCUT2D eigenvalue weighted by Gasteiger charge is -2.29. The van der Waals surface area contributed by atoms with E-state index in [2.05, 4.69) is 45.6 Å². The van der Waals surface area contributed by atoms with Crippen LogP contribution in [0, 0.1) is 0 Å². The molecule has 0 saturated carbocycles. The highest BCUT2D eigenvalue weighted by Gasteiger charge is 2.52. The third kappa shape index (κ3) is 2.38. The number of hydrogen-bond donors (Lipinski definition) is 1. The van der Waals surface area contributed by atoms with Crippen LogP contribution in [0.2, 0.25) is 0 Å². The van der Waals surface area contributed by atoms with Crippen LogP contribution in [-0.2, 0) is 9.05 Å². The molecule has 1 aromatic carbocycles. The Kier molecular flexibility index (Phi) is 3.30. The number of hydrogen-bond acceptors (Lipinski definition) is 2. The molecule has 1 atom stereocenters. The zero-order chi connectivity index (χ0) is 12.7. The van der Waals surface area contributed by atoms with Crippen LogP contribution in [0.1, 0.15) is 39.0 Å². The van der Waals surface area contributed by atoms with Gasteiger partial charge in [-0.15, -0.1) is 0 Å². The fourth-order valence-corrected chi connectivity index (χ4v) is 3.66. The van der Waals surface area contributed by atoms with E-state index in [1.807, 2.05) is 18.2 Å². The van der Waals surface area contributed by atoms with Gasteiger partial charge in [0, 0.05) is 5.56 Å². The average molecular weight is 254 g/mol. The summed E-state index contributed by atoms with van der Waals surface area (Å²) in [6.45, 7) is 8.31. The largest absolute Gasteiger partial charge is 0.344 e. The maximum Gasteiger partial charge on any atom is 0.240 e. The normalized spacial score (nSPS) is 24.8. The minimum Gasteiger partial charge on any atom is -0.344 e. The Labute approximate surface area is 104 Å². The van der Waals surface area contributed by atoms with Gasteiger partial charge in [-0.3, -0.25) is 0 Å². The summed E-state index contributed by atoms with van der Waals surface area (Å²) in [5.41, 5.74) is 4.85. The molecule has 2 rings (SSSR count). The SMILES string of the molecule is CC1(C)OP(C([NH3+])c2ccccc2)OC1(C)C. The molecule has 0 aliphatic carbocycles. The summed E-state index contributed by atoms with van der Waals surface area (Å²) >= 11 is 0. The van der Waals surface area contributed by atoms with Gasteiger partial charge < -0.3 is 14.8 Å². The molecule has 0 bridgehead atoms. The molecule has 0 amide bonds. The second-order valence-corrected chi connectivity index (χ2v) is 6.97. The molecular formula is C13H21NO2P+. The van der Waals surface area contributed by atoms with Crippen molar-refractivity contribution in [1.29, 1.82) is 0 Å². The summed E-state index contributed by atoms with van der Waals surface area (Å²) in [7, 11) is -0.970. The van der Waals surface area contributed by atoms with E-state index in [0.29, 0.717) is 0 Å². The van der Waals surface area contributed by atoms with Crippen LogP contribution >= 0.6 is 8.38 Å². The maximum atomic E-state index is 6.06. The molecule has 1 unspecified atom stereocenters. The van der Waals surface area contributed by atoms with E-state index in [0.717, 1.165) is 0 Å². The Bertz CT molecular complexity index is 376. The van der Waals surface area contributed by atoms with E-state index in [1.165, 1.54) is 5.56 Å². The van der Waals surface area contributed by atoms with E-state index in [4.69, 9.17) is 9.05 Å². The first-order valence-electron chi connectivity index (χ1n) is 5.89. The molecule has 4 heteroatoms. The smallest absolute Gasteiger partial charge is 0.240 e. The van der Waals surface area contributed by atoms with Crippen LogP contribution in [0.15, 0.2) is 30.3 Å². The summed E-state index contributed by atoms with van der Waals surface area (Å²) in [6.07, 6.45) is 0. The predicted molar refractivity (Wildman–Crippen MR) is 69.3 cm³/mol. The van der Waals surface area contributed by atoms with Crippen molar-refractivity contribution in [3.63, 3.8) is 0 Å². The van der Waals surface area contributed by atoms with E-state index in [9.17, 15) is 0 Å². The van der Waals surface area contributed by atoms with Crippen LogP contribution in [0.4, 0.5) is 0 Å². The van der Waals surface area contributed by atoms with Gasteiger partial charge in [0.05, 0.1) is 11.2 Å². The standard InChI is InChI=1S/C13H20NO2P/c1-12(2)13(3,4)16-17(15-12)11(14)10-8-6-5-7-9-10/h5-9,11H,14H2,1-4H3/p+1. The minimum atomic E-state index is -0.970. The lowest BCUT2D eigenvalue weighted by atomic mass is 9.90. The Balaban J connectivity index is 2.17. The number of benzene rings is 1. The zero-order valence-corrected chi connectivity index (χ0v) is 11.8. The molecule has 17 heavy (non-hydrogen) atoms. The van der Waals surface area contributed by atoms with Crippen molar-refractivity contribution >= 4 is 8.38 Å². The highest BCUT2D eigenvalue weighted by molar-refractivity contribution is 7.47. The lowest BCUT2D eigenvalue weighted by Crippen LogP contribution is -2.52. The summed E-state index contributed by atoms with van der Waals surface area (Å²) < 4.78 is 12.1. The maximum absolute atomic E-state index is 6.06.